The van der Waals surface area contributed by atoms with Crippen LogP contribution in [0.25, 0.3) is 0 Å². The largest absolute Gasteiger partial charge is 0.350 e. The molecule has 3 aromatic rings. The van der Waals surface area contributed by atoms with Crippen molar-refractivity contribution in [1.82, 2.24) is 10.2 Å². The van der Waals surface area contributed by atoms with Crippen LogP contribution in [-0.2, 0) is 26.2 Å². The van der Waals surface area contributed by atoms with Crippen molar-refractivity contribution in [3.8, 4) is 0 Å². The molecular formula is C30H35BrClN3O4S. The van der Waals surface area contributed by atoms with Crippen LogP contribution in [0.5, 0.6) is 0 Å². The lowest BCUT2D eigenvalue weighted by atomic mass is 10.1. The fourth-order valence-electron chi connectivity index (χ4n) is 3.99. The number of hydrogen-bond acceptors (Lipinski definition) is 4. The minimum Gasteiger partial charge on any atom is -0.350 e. The smallest absolute Gasteiger partial charge is 0.264 e. The second-order valence-corrected chi connectivity index (χ2v) is 14.0. The molecule has 0 saturated carbocycles. The summed E-state index contributed by atoms with van der Waals surface area (Å²) in [6.45, 7) is 10.6. The predicted molar refractivity (Wildman–Crippen MR) is 164 cm³/mol. The van der Waals surface area contributed by atoms with Crippen molar-refractivity contribution in [2.45, 2.75) is 64.6 Å². The Bertz CT molecular complexity index is 1470. The second-order valence-electron chi connectivity index (χ2n) is 10.8. The third-order valence-corrected chi connectivity index (χ3v) is 8.96. The SMILES string of the molecule is Cc1ccc(N(CC(=O)N(Cc2ccc(Br)cc2)[C@@H](C)C(=O)NC(C)(C)C)S(=O)(=O)c2ccc(Cl)cc2)cc1C. The average Bonchev–Trinajstić information content (AvgIpc) is 2.87. The number of rotatable bonds is 9. The molecule has 0 saturated heterocycles. The Hall–Kier alpha value is -2.88. The Morgan fingerprint density at radius 1 is 0.950 bits per heavy atom. The van der Waals surface area contributed by atoms with Crippen molar-refractivity contribution in [2.24, 2.45) is 0 Å². The third kappa shape index (κ3) is 8.08. The predicted octanol–water partition coefficient (Wildman–Crippen LogP) is 6.25. The fraction of sp³-hybridized carbons (Fsp3) is 0.333. The first-order valence-electron chi connectivity index (χ1n) is 12.8. The normalized spacial score (nSPS) is 12.5. The van der Waals surface area contributed by atoms with Crippen molar-refractivity contribution in [1.29, 1.82) is 0 Å². The summed E-state index contributed by atoms with van der Waals surface area (Å²) < 4.78 is 29.8. The highest BCUT2D eigenvalue weighted by atomic mass is 79.9. The highest BCUT2D eigenvalue weighted by Crippen LogP contribution is 2.27. The molecule has 0 aromatic heterocycles. The van der Waals surface area contributed by atoms with Crippen LogP contribution in [0, 0.1) is 13.8 Å². The first-order valence-corrected chi connectivity index (χ1v) is 15.4. The molecule has 0 aliphatic rings. The van der Waals surface area contributed by atoms with E-state index in [2.05, 4.69) is 21.2 Å². The van der Waals surface area contributed by atoms with Gasteiger partial charge < -0.3 is 10.2 Å². The standard InChI is InChI=1S/C30H35BrClN3O4S/c1-20-7-14-26(17-21(20)2)35(40(38,39)27-15-12-25(32)13-16-27)19-28(36)34(18-23-8-10-24(31)11-9-23)22(3)29(37)33-30(4,5)6/h7-17,22H,18-19H2,1-6H3,(H,33,37)/t22-/m0/s1. The molecule has 0 fully saturated rings. The van der Waals surface area contributed by atoms with E-state index in [9.17, 15) is 18.0 Å². The number of anilines is 1. The maximum Gasteiger partial charge on any atom is 0.264 e. The number of hydrogen-bond donors (Lipinski definition) is 1. The molecule has 0 aliphatic carbocycles. The molecule has 214 valence electrons. The van der Waals surface area contributed by atoms with Gasteiger partial charge in [0.2, 0.25) is 11.8 Å². The van der Waals surface area contributed by atoms with Gasteiger partial charge in [-0.3, -0.25) is 13.9 Å². The topological polar surface area (TPSA) is 86.8 Å². The summed E-state index contributed by atoms with van der Waals surface area (Å²) in [5.41, 5.74) is 2.50. The van der Waals surface area contributed by atoms with E-state index in [0.29, 0.717) is 10.7 Å². The van der Waals surface area contributed by atoms with Crippen molar-refractivity contribution in [3.05, 3.63) is 92.9 Å². The second kappa shape index (κ2) is 12.7. The number of carbonyl (C=O) groups is 2. The first-order chi connectivity index (χ1) is 18.6. The van der Waals surface area contributed by atoms with Crippen molar-refractivity contribution >= 4 is 55.1 Å². The molecule has 7 nitrogen and oxygen atoms in total. The molecule has 0 spiro atoms. The van der Waals surface area contributed by atoms with Gasteiger partial charge in [-0.15, -0.1) is 0 Å². The van der Waals surface area contributed by atoms with Gasteiger partial charge in [0.15, 0.2) is 0 Å². The lowest BCUT2D eigenvalue weighted by molar-refractivity contribution is -0.140. The number of amides is 2. The van der Waals surface area contributed by atoms with E-state index >= 15 is 0 Å². The molecule has 0 bridgehead atoms. The van der Waals surface area contributed by atoms with Crippen LogP contribution >= 0.6 is 27.5 Å². The minimum absolute atomic E-state index is 0.000844. The van der Waals surface area contributed by atoms with Crippen LogP contribution in [-0.4, -0.2) is 43.3 Å². The third-order valence-electron chi connectivity index (χ3n) is 6.39. The zero-order valence-electron chi connectivity index (χ0n) is 23.5. The summed E-state index contributed by atoms with van der Waals surface area (Å²) in [6.07, 6.45) is 0. The highest BCUT2D eigenvalue weighted by Gasteiger charge is 2.33. The van der Waals surface area contributed by atoms with Gasteiger partial charge in [-0.25, -0.2) is 8.42 Å². The summed E-state index contributed by atoms with van der Waals surface area (Å²) in [6, 6.07) is 17.6. The Morgan fingerprint density at radius 3 is 2.10 bits per heavy atom. The molecule has 0 aliphatic heterocycles. The van der Waals surface area contributed by atoms with Gasteiger partial charge >= 0.3 is 0 Å². The zero-order chi connectivity index (χ0) is 29.8. The van der Waals surface area contributed by atoms with E-state index in [4.69, 9.17) is 11.6 Å². The van der Waals surface area contributed by atoms with Gasteiger partial charge in [0.25, 0.3) is 10.0 Å². The van der Waals surface area contributed by atoms with Crippen LogP contribution in [0.3, 0.4) is 0 Å². The fourth-order valence-corrected chi connectivity index (χ4v) is 5.78. The number of benzene rings is 3. The Kier molecular flexibility index (Phi) is 10.1. The molecule has 0 unspecified atom stereocenters. The summed E-state index contributed by atoms with van der Waals surface area (Å²) in [5, 5.41) is 3.32. The molecule has 2 amide bonds. The lowest BCUT2D eigenvalue weighted by Crippen LogP contribution is -2.54. The van der Waals surface area contributed by atoms with Gasteiger partial charge in [-0.05, 0) is 107 Å². The Morgan fingerprint density at radius 2 is 1.55 bits per heavy atom. The maximum atomic E-state index is 14.0. The first kappa shape index (κ1) is 31.6. The number of aryl methyl sites for hydroxylation is 2. The molecule has 0 radical (unpaired) electrons. The number of nitrogens with zero attached hydrogens (tertiary/aromatic N) is 2. The van der Waals surface area contributed by atoms with Gasteiger partial charge in [0.1, 0.15) is 12.6 Å². The molecule has 10 heteroatoms. The van der Waals surface area contributed by atoms with Crippen molar-refractivity contribution in [3.63, 3.8) is 0 Å². The highest BCUT2D eigenvalue weighted by molar-refractivity contribution is 9.10. The quantitative estimate of drug-likeness (QED) is 0.297. The molecular weight excluding hydrogens is 614 g/mol. The van der Waals surface area contributed by atoms with Gasteiger partial charge in [0, 0.05) is 21.6 Å². The molecule has 1 atom stereocenters. The molecule has 40 heavy (non-hydrogen) atoms. The minimum atomic E-state index is -4.16. The van der Waals surface area contributed by atoms with E-state index in [1.54, 1.807) is 19.1 Å². The molecule has 1 N–H and O–H groups in total. The summed E-state index contributed by atoms with van der Waals surface area (Å²) >= 11 is 9.43. The number of sulfonamides is 1. The van der Waals surface area contributed by atoms with E-state index in [1.165, 1.54) is 29.2 Å². The van der Waals surface area contributed by atoms with Crippen LogP contribution in [0.4, 0.5) is 5.69 Å². The molecule has 0 heterocycles. The van der Waals surface area contributed by atoms with Gasteiger partial charge in [-0.1, -0.05) is 45.7 Å². The van der Waals surface area contributed by atoms with Gasteiger partial charge in [-0.2, -0.15) is 0 Å². The Balaban J connectivity index is 2.06. The van der Waals surface area contributed by atoms with Crippen LogP contribution in [0.15, 0.2) is 76.1 Å². The van der Waals surface area contributed by atoms with Crippen molar-refractivity contribution < 1.29 is 18.0 Å². The summed E-state index contributed by atoms with van der Waals surface area (Å²) in [7, 11) is -4.16. The molecule has 3 rings (SSSR count). The van der Waals surface area contributed by atoms with Crippen LogP contribution < -0.4 is 9.62 Å². The van der Waals surface area contributed by atoms with E-state index in [-0.39, 0.29) is 17.3 Å². The number of halogens is 2. The number of nitrogens with one attached hydrogen (secondary N) is 1. The summed E-state index contributed by atoms with van der Waals surface area (Å²) in [5.74, 6) is -0.855. The summed E-state index contributed by atoms with van der Waals surface area (Å²) in [4.78, 5) is 28.6. The Labute approximate surface area is 250 Å². The van der Waals surface area contributed by atoms with Gasteiger partial charge in [0.05, 0.1) is 10.6 Å². The van der Waals surface area contributed by atoms with Crippen molar-refractivity contribution in [2.75, 3.05) is 10.8 Å². The van der Waals surface area contributed by atoms with E-state index in [1.807, 2.05) is 65.0 Å². The number of carbonyl (C=O) groups excluding carboxylic acids is 2. The zero-order valence-corrected chi connectivity index (χ0v) is 26.7. The molecule has 3 aromatic carbocycles. The van der Waals surface area contributed by atoms with Crippen LogP contribution in [0.1, 0.15) is 44.4 Å². The monoisotopic (exact) mass is 647 g/mol. The van der Waals surface area contributed by atoms with E-state index < -0.39 is 34.1 Å². The van der Waals surface area contributed by atoms with Crippen LogP contribution in [0.2, 0.25) is 5.02 Å². The maximum absolute atomic E-state index is 14.0. The lowest BCUT2D eigenvalue weighted by Gasteiger charge is -2.33. The van der Waals surface area contributed by atoms with E-state index in [0.717, 1.165) is 25.5 Å². The average molecular weight is 649 g/mol.